The monoisotopic (exact) mass is 277 g/mol. The van der Waals surface area contributed by atoms with Crippen LogP contribution in [0, 0.1) is 6.92 Å². The van der Waals surface area contributed by atoms with Gasteiger partial charge in [-0.2, -0.15) is 0 Å². The largest absolute Gasteiger partial charge is 0.486 e. The van der Waals surface area contributed by atoms with Crippen molar-refractivity contribution in [1.29, 1.82) is 0 Å². The van der Waals surface area contributed by atoms with Gasteiger partial charge in [-0.1, -0.05) is 33.8 Å². The van der Waals surface area contributed by atoms with Crippen LogP contribution in [0.5, 0.6) is 5.75 Å². The summed E-state index contributed by atoms with van der Waals surface area (Å²) >= 11 is 0. The maximum Gasteiger partial charge on any atom is 0.120 e. The van der Waals surface area contributed by atoms with E-state index in [1.54, 1.807) is 0 Å². The molecule has 0 heterocycles. The summed E-state index contributed by atoms with van der Waals surface area (Å²) in [5, 5.41) is 3.47. The summed E-state index contributed by atoms with van der Waals surface area (Å²) in [4.78, 5) is 0. The molecule has 2 nitrogen and oxygen atoms in total. The minimum atomic E-state index is -0.138. The summed E-state index contributed by atoms with van der Waals surface area (Å²) in [5.74, 6) is 1.54. The highest BCUT2D eigenvalue weighted by atomic mass is 16.5. The van der Waals surface area contributed by atoms with Crippen LogP contribution in [-0.4, -0.2) is 18.7 Å². The van der Waals surface area contributed by atoms with Crippen LogP contribution in [0.25, 0.3) is 0 Å². The van der Waals surface area contributed by atoms with Crippen LogP contribution in [0.4, 0.5) is 0 Å². The maximum atomic E-state index is 6.25. The Morgan fingerprint density at radius 2 is 1.95 bits per heavy atom. The molecule has 0 aliphatic rings. The van der Waals surface area contributed by atoms with Crippen molar-refractivity contribution in [1.82, 2.24) is 5.32 Å². The molecular formula is C18H31NO. The molecule has 0 radical (unpaired) electrons. The van der Waals surface area contributed by atoms with Gasteiger partial charge in [0.05, 0.1) is 0 Å². The predicted octanol–water partition coefficient (Wildman–Crippen LogP) is 4.67. The fourth-order valence-electron chi connectivity index (χ4n) is 2.41. The number of ether oxygens (including phenoxy) is 1. The van der Waals surface area contributed by atoms with Gasteiger partial charge in [-0.05, 0) is 62.4 Å². The third-order valence-corrected chi connectivity index (χ3v) is 3.90. The van der Waals surface area contributed by atoms with Crippen LogP contribution in [0.2, 0.25) is 0 Å². The molecule has 0 aromatic heterocycles. The van der Waals surface area contributed by atoms with E-state index in [0.717, 1.165) is 31.7 Å². The quantitative estimate of drug-likeness (QED) is 0.697. The minimum absolute atomic E-state index is 0.138. The highest BCUT2D eigenvalue weighted by molar-refractivity contribution is 5.36. The summed E-state index contributed by atoms with van der Waals surface area (Å²) in [6.07, 6.45) is 2.15. The summed E-state index contributed by atoms with van der Waals surface area (Å²) in [5.41, 5.74) is 2.58. The highest BCUT2D eigenvalue weighted by Gasteiger charge is 2.23. The van der Waals surface area contributed by atoms with E-state index < -0.39 is 0 Å². The maximum absolute atomic E-state index is 6.25. The van der Waals surface area contributed by atoms with Crippen molar-refractivity contribution < 1.29 is 4.74 Å². The van der Waals surface area contributed by atoms with Crippen LogP contribution in [-0.2, 0) is 0 Å². The lowest BCUT2D eigenvalue weighted by Crippen LogP contribution is -2.42. The van der Waals surface area contributed by atoms with E-state index in [1.807, 2.05) is 0 Å². The van der Waals surface area contributed by atoms with E-state index in [0.29, 0.717) is 5.92 Å². The fourth-order valence-corrected chi connectivity index (χ4v) is 2.41. The van der Waals surface area contributed by atoms with Crippen molar-refractivity contribution in [3.05, 3.63) is 29.3 Å². The molecule has 0 spiro atoms. The molecule has 1 rings (SSSR count). The van der Waals surface area contributed by atoms with Gasteiger partial charge in [-0.15, -0.1) is 0 Å². The van der Waals surface area contributed by atoms with Crippen LogP contribution in [0.3, 0.4) is 0 Å². The standard InChI is InChI=1S/C18H31NO/c1-7-11-19-13-18(6,8-2)20-16-9-10-17(14(3)4)15(5)12-16/h9-10,12,14,19H,7-8,11,13H2,1-6H3. The van der Waals surface area contributed by atoms with Crippen molar-refractivity contribution in [2.75, 3.05) is 13.1 Å². The second-order valence-corrected chi connectivity index (χ2v) is 6.26. The van der Waals surface area contributed by atoms with Crippen molar-refractivity contribution >= 4 is 0 Å². The van der Waals surface area contributed by atoms with E-state index in [-0.39, 0.29) is 5.60 Å². The zero-order chi connectivity index (χ0) is 15.2. The second-order valence-electron chi connectivity index (χ2n) is 6.26. The molecule has 20 heavy (non-hydrogen) atoms. The van der Waals surface area contributed by atoms with Crippen LogP contribution < -0.4 is 10.1 Å². The molecule has 0 bridgehead atoms. The lowest BCUT2D eigenvalue weighted by molar-refractivity contribution is 0.0837. The molecule has 1 unspecified atom stereocenters. The first-order valence-electron chi connectivity index (χ1n) is 7.92. The SMILES string of the molecule is CCCNCC(C)(CC)Oc1ccc(C(C)C)c(C)c1. The number of hydrogen-bond acceptors (Lipinski definition) is 2. The molecule has 0 saturated heterocycles. The van der Waals surface area contributed by atoms with Crippen molar-refractivity contribution in [2.45, 2.75) is 65.9 Å². The van der Waals surface area contributed by atoms with E-state index in [4.69, 9.17) is 4.74 Å². The number of hydrogen-bond donors (Lipinski definition) is 1. The molecule has 0 fully saturated rings. The van der Waals surface area contributed by atoms with Crippen LogP contribution in [0.15, 0.2) is 18.2 Å². The van der Waals surface area contributed by atoms with E-state index >= 15 is 0 Å². The predicted molar refractivity (Wildman–Crippen MR) is 87.8 cm³/mol. The van der Waals surface area contributed by atoms with Gasteiger partial charge in [0.1, 0.15) is 11.4 Å². The van der Waals surface area contributed by atoms with Gasteiger partial charge < -0.3 is 10.1 Å². The molecule has 2 heteroatoms. The molecule has 0 aliphatic carbocycles. The minimum Gasteiger partial charge on any atom is -0.486 e. The fraction of sp³-hybridized carbons (Fsp3) is 0.667. The Kier molecular flexibility index (Phi) is 6.54. The molecule has 1 aromatic rings. The number of rotatable bonds is 8. The van der Waals surface area contributed by atoms with Gasteiger partial charge >= 0.3 is 0 Å². The molecule has 1 aromatic carbocycles. The Morgan fingerprint density at radius 3 is 2.45 bits per heavy atom. The summed E-state index contributed by atoms with van der Waals surface area (Å²) in [7, 11) is 0. The van der Waals surface area contributed by atoms with Gasteiger partial charge in [-0.3, -0.25) is 0 Å². The first-order valence-corrected chi connectivity index (χ1v) is 7.92. The molecule has 1 N–H and O–H groups in total. The van der Waals surface area contributed by atoms with E-state index in [9.17, 15) is 0 Å². The smallest absolute Gasteiger partial charge is 0.120 e. The first-order chi connectivity index (χ1) is 9.41. The summed E-state index contributed by atoms with van der Waals surface area (Å²) in [6.45, 7) is 15.1. The molecular weight excluding hydrogens is 246 g/mol. The van der Waals surface area contributed by atoms with Crippen molar-refractivity contribution in [3.63, 3.8) is 0 Å². The lowest BCUT2D eigenvalue weighted by atomic mass is 9.97. The Balaban J connectivity index is 2.77. The lowest BCUT2D eigenvalue weighted by Gasteiger charge is -2.30. The van der Waals surface area contributed by atoms with E-state index in [2.05, 4.69) is 65.1 Å². The van der Waals surface area contributed by atoms with Gasteiger partial charge in [0.25, 0.3) is 0 Å². The van der Waals surface area contributed by atoms with Crippen molar-refractivity contribution in [2.24, 2.45) is 0 Å². The number of aryl methyl sites for hydroxylation is 1. The normalized spacial score (nSPS) is 14.3. The Morgan fingerprint density at radius 1 is 1.25 bits per heavy atom. The van der Waals surface area contributed by atoms with Crippen LogP contribution >= 0.6 is 0 Å². The second kappa shape index (κ2) is 7.68. The topological polar surface area (TPSA) is 21.3 Å². The average Bonchev–Trinajstić information content (AvgIpc) is 2.38. The molecule has 0 aliphatic heterocycles. The Bertz CT molecular complexity index is 414. The Hall–Kier alpha value is -1.02. The highest BCUT2D eigenvalue weighted by Crippen LogP contribution is 2.26. The van der Waals surface area contributed by atoms with Gasteiger partial charge in [-0.25, -0.2) is 0 Å². The van der Waals surface area contributed by atoms with Gasteiger partial charge in [0.15, 0.2) is 0 Å². The molecule has 114 valence electrons. The zero-order valence-electron chi connectivity index (χ0n) is 14.0. The third-order valence-electron chi connectivity index (χ3n) is 3.90. The van der Waals surface area contributed by atoms with Crippen molar-refractivity contribution in [3.8, 4) is 5.75 Å². The molecule has 0 saturated carbocycles. The Labute approximate surface area is 124 Å². The van der Waals surface area contributed by atoms with Gasteiger partial charge in [0, 0.05) is 6.54 Å². The molecule has 1 atom stereocenters. The number of nitrogens with one attached hydrogen (secondary N) is 1. The van der Waals surface area contributed by atoms with Crippen LogP contribution in [0.1, 0.15) is 64.5 Å². The molecule has 0 amide bonds. The zero-order valence-corrected chi connectivity index (χ0v) is 14.0. The average molecular weight is 277 g/mol. The third kappa shape index (κ3) is 4.82. The first kappa shape index (κ1) is 17.0. The number of benzene rings is 1. The summed E-state index contributed by atoms with van der Waals surface area (Å²) in [6, 6.07) is 6.48. The van der Waals surface area contributed by atoms with E-state index in [1.165, 1.54) is 11.1 Å². The summed E-state index contributed by atoms with van der Waals surface area (Å²) < 4.78 is 6.25. The van der Waals surface area contributed by atoms with Gasteiger partial charge in [0.2, 0.25) is 0 Å².